The lowest BCUT2D eigenvalue weighted by molar-refractivity contribution is 0.0196. The molecule has 0 amide bonds. The van der Waals surface area contributed by atoms with Gasteiger partial charge in [-0.3, -0.25) is 4.68 Å². The van der Waals surface area contributed by atoms with Gasteiger partial charge in [-0.2, -0.15) is 5.10 Å². The Hall–Kier alpha value is -1.95. The summed E-state index contributed by atoms with van der Waals surface area (Å²) in [6, 6.07) is 16.0. The zero-order valence-electron chi connectivity index (χ0n) is 12.1. The molecule has 3 aromatic rings. The Kier molecular flexibility index (Phi) is 5.00. The Morgan fingerprint density at radius 3 is 2.77 bits per heavy atom. The Bertz CT molecular complexity index is 680. The number of rotatable bonds is 7. The molecule has 0 unspecified atom stereocenters. The Labute approximate surface area is 133 Å². The summed E-state index contributed by atoms with van der Waals surface area (Å²) in [5.41, 5.74) is 1.98. The van der Waals surface area contributed by atoms with Gasteiger partial charge in [0.05, 0.1) is 31.6 Å². The van der Waals surface area contributed by atoms with E-state index in [4.69, 9.17) is 4.74 Å². The van der Waals surface area contributed by atoms with Crippen molar-refractivity contribution in [1.29, 1.82) is 0 Å². The molecule has 0 aliphatic carbocycles. The molecule has 0 saturated carbocycles. The van der Waals surface area contributed by atoms with Crippen molar-refractivity contribution in [2.24, 2.45) is 0 Å². The number of aromatic nitrogens is 2. The lowest BCUT2D eigenvalue weighted by Crippen LogP contribution is -2.22. The minimum atomic E-state index is -0.566. The standard InChI is InChI=1S/C17H18N2O2S/c20-15(12-21-13-16-7-4-10-22-16)11-19-9-8-17(18-19)14-5-2-1-3-6-14/h1-10,15,20H,11-13H2/t15-/m1/s1. The van der Waals surface area contributed by atoms with Crippen LogP contribution in [0.4, 0.5) is 0 Å². The van der Waals surface area contributed by atoms with Crippen molar-refractivity contribution >= 4 is 11.3 Å². The fourth-order valence-electron chi connectivity index (χ4n) is 2.19. The molecule has 2 aromatic heterocycles. The number of nitrogens with zero attached hydrogens (tertiary/aromatic N) is 2. The Morgan fingerprint density at radius 1 is 1.14 bits per heavy atom. The molecular weight excluding hydrogens is 296 g/mol. The van der Waals surface area contributed by atoms with E-state index in [0.29, 0.717) is 19.8 Å². The van der Waals surface area contributed by atoms with Crippen LogP contribution >= 0.6 is 11.3 Å². The van der Waals surface area contributed by atoms with Crippen molar-refractivity contribution in [1.82, 2.24) is 9.78 Å². The van der Waals surface area contributed by atoms with Gasteiger partial charge in [0.25, 0.3) is 0 Å². The summed E-state index contributed by atoms with van der Waals surface area (Å²) in [5, 5.41) is 16.5. The van der Waals surface area contributed by atoms with Crippen molar-refractivity contribution in [3.05, 3.63) is 65.0 Å². The van der Waals surface area contributed by atoms with Crippen LogP contribution in [-0.2, 0) is 17.9 Å². The van der Waals surface area contributed by atoms with E-state index >= 15 is 0 Å². The predicted molar refractivity (Wildman–Crippen MR) is 87.6 cm³/mol. The summed E-state index contributed by atoms with van der Waals surface area (Å²) in [7, 11) is 0. The van der Waals surface area contributed by atoms with Gasteiger partial charge in [0.15, 0.2) is 0 Å². The zero-order valence-corrected chi connectivity index (χ0v) is 12.9. The van der Waals surface area contributed by atoms with Crippen LogP contribution in [0.25, 0.3) is 11.3 Å². The predicted octanol–water partition coefficient (Wildman–Crippen LogP) is 3.19. The highest BCUT2D eigenvalue weighted by Gasteiger charge is 2.08. The first kappa shape index (κ1) is 15.0. The first-order valence-electron chi connectivity index (χ1n) is 7.18. The SMILES string of the molecule is O[C@@H](COCc1cccs1)Cn1ccc(-c2ccccc2)n1. The molecule has 5 heteroatoms. The topological polar surface area (TPSA) is 47.3 Å². The van der Waals surface area contributed by atoms with E-state index in [9.17, 15) is 5.11 Å². The smallest absolute Gasteiger partial charge is 0.0969 e. The van der Waals surface area contributed by atoms with Gasteiger partial charge in [-0.1, -0.05) is 36.4 Å². The molecule has 0 aliphatic heterocycles. The van der Waals surface area contributed by atoms with Crippen LogP contribution in [0, 0.1) is 0 Å². The lowest BCUT2D eigenvalue weighted by atomic mass is 10.2. The number of aliphatic hydroxyl groups is 1. The van der Waals surface area contributed by atoms with Crippen molar-refractivity contribution in [3.8, 4) is 11.3 Å². The summed E-state index contributed by atoms with van der Waals surface area (Å²) in [5.74, 6) is 0. The summed E-state index contributed by atoms with van der Waals surface area (Å²) >= 11 is 1.66. The molecule has 114 valence electrons. The third kappa shape index (κ3) is 4.04. The van der Waals surface area contributed by atoms with Crippen LogP contribution in [0.3, 0.4) is 0 Å². The maximum Gasteiger partial charge on any atom is 0.0969 e. The number of aliphatic hydroxyl groups excluding tert-OH is 1. The van der Waals surface area contributed by atoms with Crippen molar-refractivity contribution < 1.29 is 9.84 Å². The molecule has 3 rings (SSSR count). The fourth-order valence-corrected chi connectivity index (χ4v) is 2.83. The molecule has 4 nitrogen and oxygen atoms in total. The first-order chi connectivity index (χ1) is 10.8. The van der Waals surface area contributed by atoms with Crippen LogP contribution in [-0.4, -0.2) is 27.6 Å². The van der Waals surface area contributed by atoms with Gasteiger partial charge in [0, 0.05) is 16.6 Å². The minimum absolute atomic E-state index is 0.304. The normalized spacial score (nSPS) is 12.4. The number of benzene rings is 1. The van der Waals surface area contributed by atoms with Gasteiger partial charge in [0.1, 0.15) is 0 Å². The molecule has 0 fully saturated rings. The number of hydrogen-bond donors (Lipinski definition) is 1. The van der Waals surface area contributed by atoms with E-state index in [1.807, 2.05) is 60.1 Å². The number of thiophene rings is 1. The van der Waals surface area contributed by atoms with Crippen LogP contribution in [0.2, 0.25) is 0 Å². The molecule has 1 atom stereocenters. The third-order valence-electron chi connectivity index (χ3n) is 3.24. The van der Waals surface area contributed by atoms with Gasteiger partial charge >= 0.3 is 0 Å². The lowest BCUT2D eigenvalue weighted by Gasteiger charge is -2.11. The van der Waals surface area contributed by atoms with E-state index in [0.717, 1.165) is 16.1 Å². The van der Waals surface area contributed by atoms with Crippen LogP contribution < -0.4 is 0 Å². The van der Waals surface area contributed by atoms with Gasteiger partial charge < -0.3 is 9.84 Å². The maximum absolute atomic E-state index is 10.0. The van der Waals surface area contributed by atoms with E-state index in [1.54, 1.807) is 16.0 Å². The summed E-state index contributed by atoms with van der Waals surface area (Å²) in [6.45, 7) is 1.28. The Balaban J connectivity index is 1.49. The Morgan fingerprint density at radius 2 is 2.00 bits per heavy atom. The highest BCUT2D eigenvalue weighted by Crippen LogP contribution is 2.16. The van der Waals surface area contributed by atoms with Gasteiger partial charge in [-0.25, -0.2) is 0 Å². The molecule has 0 aliphatic rings. The van der Waals surface area contributed by atoms with E-state index in [1.165, 1.54) is 0 Å². The number of ether oxygens (including phenoxy) is 1. The summed E-state index contributed by atoms with van der Waals surface area (Å²) < 4.78 is 7.27. The van der Waals surface area contributed by atoms with E-state index in [-0.39, 0.29) is 0 Å². The van der Waals surface area contributed by atoms with Crippen molar-refractivity contribution in [2.45, 2.75) is 19.3 Å². The van der Waals surface area contributed by atoms with Crippen molar-refractivity contribution in [3.63, 3.8) is 0 Å². The molecular formula is C17H18N2O2S. The summed E-state index contributed by atoms with van der Waals surface area (Å²) in [6.07, 6.45) is 1.31. The number of hydrogen-bond acceptors (Lipinski definition) is 4. The molecule has 2 heterocycles. The maximum atomic E-state index is 10.0. The van der Waals surface area contributed by atoms with E-state index in [2.05, 4.69) is 5.10 Å². The molecule has 22 heavy (non-hydrogen) atoms. The minimum Gasteiger partial charge on any atom is -0.389 e. The zero-order chi connectivity index (χ0) is 15.2. The summed E-state index contributed by atoms with van der Waals surface area (Å²) in [4.78, 5) is 1.16. The molecule has 0 saturated heterocycles. The van der Waals surface area contributed by atoms with Crippen LogP contribution in [0.5, 0.6) is 0 Å². The second kappa shape index (κ2) is 7.35. The second-order valence-corrected chi connectivity index (χ2v) is 6.07. The molecule has 0 radical (unpaired) electrons. The van der Waals surface area contributed by atoms with Crippen molar-refractivity contribution in [2.75, 3.05) is 6.61 Å². The molecule has 1 N–H and O–H groups in total. The highest BCUT2D eigenvalue weighted by atomic mass is 32.1. The van der Waals surface area contributed by atoms with Gasteiger partial charge in [-0.05, 0) is 17.5 Å². The fraction of sp³-hybridized carbons (Fsp3) is 0.235. The molecule has 1 aromatic carbocycles. The quantitative estimate of drug-likeness (QED) is 0.728. The third-order valence-corrected chi connectivity index (χ3v) is 4.09. The van der Waals surface area contributed by atoms with E-state index < -0.39 is 6.10 Å². The average Bonchev–Trinajstić information content (AvgIpc) is 3.20. The average molecular weight is 314 g/mol. The van der Waals surface area contributed by atoms with Gasteiger partial charge in [0.2, 0.25) is 0 Å². The first-order valence-corrected chi connectivity index (χ1v) is 8.06. The molecule has 0 spiro atoms. The van der Waals surface area contributed by atoms with Crippen LogP contribution in [0.15, 0.2) is 60.1 Å². The molecule has 0 bridgehead atoms. The highest BCUT2D eigenvalue weighted by molar-refractivity contribution is 7.09. The van der Waals surface area contributed by atoms with Gasteiger partial charge in [-0.15, -0.1) is 11.3 Å². The second-order valence-electron chi connectivity index (χ2n) is 5.04. The monoisotopic (exact) mass is 314 g/mol. The van der Waals surface area contributed by atoms with Crippen LogP contribution in [0.1, 0.15) is 4.88 Å². The largest absolute Gasteiger partial charge is 0.389 e.